The maximum absolute atomic E-state index is 10.7. The lowest BCUT2D eigenvalue weighted by atomic mass is 9.72. The van der Waals surface area contributed by atoms with Crippen molar-refractivity contribution in [1.29, 1.82) is 0 Å². The predicted octanol–water partition coefficient (Wildman–Crippen LogP) is 2.70. The highest BCUT2D eigenvalue weighted by Gasteiger charge is 2.32. The third-order valence-electron chi connectivity index (χ3n) is 3.67. The van der Waals surface area contributed by atoms with Gasteiger partial charge in [-0.3, -0.25) is 0 Å². The zero-order valence-electron chi connectivity index (χ0n) is 11.4. The molecule has 0 radical (unpaired) electrons. The van der Waals surface area contributed by atoms with E-state index < -0.39 is 5.60 Å². The topological polar surface area (TPSA) is 46.5 Å². The van der Waals surface area contributed by atoms with Gasteiger partial charge in [0.2, 0.25) is 0 Å². The Morgan fingerprint density at radius 1 is 1.53 bits per heavy atom. The third-order valence-corrected chi connectivity index (χ3v) is 3.67. The van der Waals surface area contributed by atoms with Gasteiger partial charge in [-0.1, -0.05) is 13.3 Å². The second-order valence-corrected chi connectivity index (χ2v) is 6.33. The van der Waals surface area contributed by atoms with Gasteiger partial charge < -0.3 is 14.6 Å². The van der Waals surface area contributed by atoms with Crippen LogP contribution >= 0.6 is 0 Å². The molecule has 100 valence electrons. The molecule has 0 spiro atoms. The normalized spacial score (nSPS) is 30.2. The van der Waals surface area contributed by atoms with Crippen LogP contribution in [0.25, 0.3) is 0 Å². The van der Waals surface area contributed by atoms with Crippen LogP contribution < -0.4 is 0 Å². The number of aldehydes is 1. The second kappa shape index (κ2) is 5.96. The summed E-state index contributed by atoms with van der Waals surface area (Å²) in [5, 5.41) is 9.61. The molecule has 1 N–H and O–H groups in total. The molecule has 2 atom stereocenters. The number of aliphatic hydroxyl groups is 1. The fraction of sp³-hybridized carbons (Fsp3) is 0.929. The fourth-order valence-electron chi connectivity index (χ4n) is 2.51. The van der Waals surface area contributed by atoms with E-state index in [-0.39, 0.29) is 11.5 Å². The molecule has 1 saturated carbocycles. The molecule has 0 aromatic heterocycles. The van der Waals surface area contributed by atoms with Crippen molar-refractivity contribution in [2.24, 2.45) is 5.41 Å². The first-order valence-corrected chi connectivity index (χ1v) is 6.62. The lowest BCUT2D eigenvalue weighted by Gasteiger charge is -2.37. The minimum Gasteiger partial charge on any atom is -0.390 e. The summed E-state index contributed by atoms with van der Waals surface area (Å²) < 4.78 is 5.82. The third kappa shape index (κ3) is 5.64. The van der Waals surface area contributed by atoms with Gasteiger partial charge >= 0.3 is 0 Å². The van der Waals surface area contributed by atoms with E-state index in [1.165, 1.54) is 0 Å². The first-order chi connectivity index (χ1) is 7.85. The summed E-state index contributed by atoms with van der Waals surface area (Å²) in [7, 11) is 0. The summed E-state index contributed by atoms with van der Waals surface area (Å²) in [6, 6.07) is 0. The number of hydrogen-bond acceptors (Lipinski definition) is 3. The first kappa shape index (κ1) is 14.7. The summed E-state index contributed by atoms with van der Waals surface area (Å²) >= 11 is 0. The fourth-order valence-corrected chi connectivity index (χ4v) is 2.51. The molecule has 1 rings (SSSR count). The van der Waals surface area contributed by atoms with Crippen LogP contribution in [0.1, 0.15) is 59.3 Å². The van der Waals surface area contributed by atoms with Gasteiger partial charge in [-0.25, -0.2) is 0 Å². The Labute approximate surface area is 105 Å². The van der Waals surface area contributed by atoms with Gasteiger partial charge in [-0.15, -0.1) is 0 Å². The smallest absolute Gasteiger partial charge is 0.120 e. The average molecular weight is 242 g/mol. The van der Waals surface area contributed by atoms with Crippen LogP contribution in [0, 0.1) is 5.41 Å². The zero-order chi connectivity index (χ0) is 12.9. The number of carbonyl (C=O) groups excluding carboxylic acids is 1. The van der Waals surface area contributed by atoms with Gasteiger partial charge in [0.05, 0.1) is 11.7 Å². The van der Waals surface area contributed by atoms with Gasteiger partial charge in [-0.2, -0.15) is 0 Å². The molecular formula is C14H26O3. The highest BCUT2D eigenvalue weighted by molar-refractivity contribution is 5.50. The van der Waals surface area contributed by atoms with Crippen molar-refractivity contribution < 1.29 is 14.6 Å². The Balaban J connectivity index is 2.32. The molecule has 0 bridgehead atoms. The Hall–Kier alpha value is -0.410. The van der Waals surface area contributed by atoms with Crippen LogP contribution in [-0.4, -0.2) is 29.7 Å². The molecule has 0 aromatic carbocycles. The van der Waals surface area contributed by atoms with Crippen LogP contribution in [0.2, 0.25) is 0 Å². The van der Waals surface area contributed by atoms with E-state index in [2.05, 4.69) is 6.92 Å². The van der Waals surface area contributed by atoms with Crippen LogP contribution in [0.5, 0.6) is 0 Å². The van der Waals surface area contributed by atoms with Crippen molar-refractivity contribution in [3.05, 3.63) is 0 Å². The number of ether oxygens (including phenoxy) is 1. The molecule has 17 heavy (non-hydrogen) atoms. The Bertz CT molecular complexity index is 244. The molecule has 0 heterocycles. The van der Waals surface area contributed by atoms with Crippen molar-refractivity contribution >= 4 is 6.29 Å². The molecule has 1 unspecified atom stereocenters. The number of hydrogen-bond donors (Lipinski definition) is 1. The van der Waals surface area contributed by atoms with Crippen LogP contribution in [-0.2, 0) is 9.53 Å². The van der Waals surface area contributed by atoms with Gasteiger partial charge in [-0.05, 0) is 44.9 Å². The van der Waals surface area contributed by atoms with Crippen molar-refractivity contribution in [1.82, 2.24) is 0 Å². The van der Waals surface area contributed by atoms with E-state index in [0.717, 1.165) is 32.0 Å². The maximum atomic E-state index is 10.7. The van der Waals surface area contributed by atoms with E-state index in [1.807, 2.05) is 0 Å². The van der Waals surface area contributed by atoms with Gasteiger partial charge in [0, 0.05) is 13.0 Å². The average Bonchev–Trinajstić information content (AvgIpc) is 2.15. The van der Waals surface area contributed by atoms with Crippen LogP contribution in [0.4, 0.5) is 0 Å². The molecule has 0 aromatic rings. The molecular weight excluding hydrogens is 216 g/mol. The highest BCUT2D eigenvalue weighted by Crippen LogP contribution is 2.39. The first-order valence-electron chi connectivity index (χ1n) is 6.62. The van der Waals surface area contributed by atoms with Gasteiger partial charge in [0.1, 0.15) is 6.29 Å². The van der Waals surface area contributed by atoms with Gasteiger partial charge in [0.25, 0.3) is 0 Å². The standard InChI is InChI=1S/C14H26O3/c1-13(2,16)8-10-17-12-5-4-6-14(3,11-12)7-9-15/h9,12,16H,4-8,10-11H2,1-3H3/t12-,14?/m1/s1. The summed E-state index contributed by atoms with van der Waals surface area (Å²) in [6.45, 7) is 6.37. The second-order valence-electron chi connectivity index (χ2n) is 6.33. The maximum Gasteiger partial charge on any atom is 0.120 e. The molecule has 3 nitrogen and oxygen atoms in total. The molecule has 1 aliphatic carbocycles. The monoisotopic (exact) mass is 242 g/mol. The minimum absolute atomic E-state index is 0.124. The van der Waals surface area contributed by atoms with Crippen LogP contribution in [0.3, 0.4) is 0 Å². The number of rotatable bonds is 6. The van der Waals surface area contributed by atoms with E-state index >= 15 is 0 Å². The molecule has 3 heteroatoms. The summed E-state index contributed by atoms with van der Waals surface area (Å²) in [4.78, 5) is 10.7. The van der Waals surface area contributed by atoms with E-state index in [9.17, 15) is 9.90 Å². The lowest BCUT2D eigenvalue weighted by Crippen LogP contribution is -2.32. The molecule has 1 aliphatic rings. The largest absolute Gasteiger partial charge is 0.390 e. The minimum atomic E-state index is -0.652. The van der Waals surface area contributed by atoms with Crippen molar-refractivity contribution in [2.45, 2.75) is 71.0 Å². The summed E-state index contributed by atoms with van der Waals surface area (Å²) in [5.74, 6) is 0. The van der Waals surface area contributed by atoms with Crippen molar-refractivity contribution in [3.63, 3.8) is 0 Å². The molecule has 0 saturated heterocycles. The lowest BCUT2D eigenvalue weighted by molar-refractivity contribution is -0.111. The molecule has 0 amide bonds. The Kier molecular flexibility index (Phi) is 5.14. The van der Waals surface area contributed by atoms with E-state index in [4.69, 9.17) is 4.74 Å². The molecule has 0 aliphatic heterocycles. The molecule has 1 fully saturated rings. The van der Waals surface area contributed by atoms with Gasteiger partial charge in [0.15, 0.2) is 0 Å². The van der Waals surface area contributed by atoms with Crippen molar-refractivity contribution in [3.8, 4) is 0 Å². The quantitative estimate of drug-likeness (QED) is 0.728. The van der Waals surface area contributed by atoms with Crippen molar-refractivity contribution in [2.75, 3.05) is 6.61 Å². The summed E-state index contributed by atoms with van der Waals surface area (Å²) in [5.41, 5.74) is -0.528. The Morgan fingerprint density at radius 2 is 2.24 bits per heavy atom. The predicted molar refractivity (Wildman–Crippen MR) is 67.9 cm³/mol. The SMILES string of the molecule is CC(C)(O)CCO[C@@H]1CCCC(C)(CC=O)C1. The van der Waals surface area contributed by atoms with Crippen LogP contribution in [0.15, 0.2) is 0 Å². The van der Waals surface area contributed by atoms with E-state index in [0.29, 0.717) is 19.4 Å². The highest BCUT2D eigenvalue weighted by atomic mass is 16.5. The number of carbonyl (C=O) groups is 1. The van der Waals surface area contributed by atoms with E-state index in [1.54, 1.807) is 13.8 Å². The summed E-state index contributed by atoms with van der Waals surface area (Å²) in [6.07, 6.45) is 6.90. The Morgan fingerprint density at radius 3 is 2.82 bits per heavy atom. The zero-order valence-corrected chi connectivity index (χ0v) is 11.4.